The van der Waals surface area contributed by atoms with Crippen LogP contribution in [0.25, 0.3) is 0 Å². The van der Waals surface area contributed by atoms with E-state index >= 15 is 0 Å². The second-order valence-electron chi connectivity index (χ2n) is 8.49. The van der Waals surface area contributed by atoms with Gasteiger partial charge in [0, 0.05) is 44.4 Å². The van der Waals surface area contributed by atoms with Crippen molar-refractivity contribution in [3.05, 3.63) is 16.1 Å². The number of hydrogen-bond donors (Lipinski definition) is 1. The topological polar surface area (TPSA) is 65.9 Å². The fourth-order valence-electron chi connectivity index (χ4n) is 4.74. The number of carbonyl (C=O) groups is 1. The summed E-state index contributed by atoms with van der Waals surface area (Å²) in [5.74, 6) is 0.0271. The molecule has 0 radical (unpaired) electrons. The molecule has 27 heavy (non-hydrogen) atoms. The largest absolute Gasteiger partial charge is 0.461 e. The van der Waals surface area contributed by atoms with E-state index in [1.165, 1.54) is 5.69 Å². The SMILES string of the molecule is Cc1nc(CCN2CCC3(CC2)CC(CN2CCC(O)CC2)OC3=O)cs1. The van der Waals surface area contributed by atoms with E-state index in [0.717, 1.165) is 82.8 Å². The van der Waals surface area contributed by atoms with Crippen LogP contribution >= 0.6 is 11.3 Å². The lowest BCUT2D eigenvalue weighted by atomic mass is 9.76. The van der Waals surface area contributed by atoms with Crippen LogP contribution in [0.5, 0.6) is 0 Å². The fourth-order valence-corrected chi connectivity index (χ4v) is 5.38. The van der Waals surface area contributed by atoms with Gasteiger partial charge < -0.3 is 14.7 Å². The third-order valence-corrected chi connectivity index (χ3v) is 7.33. The number of ether oxygens (including phenoxy) is 1. The van der Waals surface area contributed by atoms with Crippen LogP contribution in [0.1, 0.15) is 42.8 Å². The van der Waals surface area contributed by atoms with Crippen molar-refractivity contribution < 1.29 is 14.6 Å². The molecular weight excluding hydrogens is 362 g/mol. The molecule has 0 aromatic carbocycles. The number of carbonyl (C=O) groups excluding carboxylic acids is 1. The molecule has 0 aliphatic carbocycles. The first-order chi connectivity index (χ1) is 13.0. The molecule has 0 amide bonds. The third kappa shape index (κ3) is 4.53. The van der Waals surface area contributed by atoms with Gasteiger partial charge >= 0.3 is 5.97 Å². The zero-order valence-corrected chi connectivity index (χ0v) is 17.0. The van der Waals surface area contributed by atoms with E-state index in [2.05, 4.69) is 20.2 Å². The minimum Gasteiger partial charge on any atom is -0.461 e. The number of piperidine rings is 2. The van der Waals surface area contributed by atoms with Crippen molar-refractivity contribution in [2.75, 3.05) is 39.3 Å². The molecular formula is C20H31N3O3S. The normalized spacial score (nSPS) is 27.3. The van der Waals surface area contributed by atoms with Crippen molar-refractivity contribution in [2.45, 2.75) is 57.7 Å². The lowest BCUT2D eigenvalue weighted by Crippen LogP contribution is -2.43. The second-order valence-corrected chi connectivity index (χ2v) is 9.56. The van der Waals surface area contributed by atoms with Gasteiger partial charge in [0.25, 0.3) is 0 Å². The number of cyclic esters (lactones) is 1. The maximum Gasteiger partial charge on any atom is 0.312 e. The van der Waals surface area contributed by atoms with Gasteiger partial charge in [-0.2, -0.15) is 0 Å². The van der Waals surface area contributed by atoms with Crippen molar-refractivity contribution in [2.24, 2.45) is 5.41 Å². The molecule has 0 bridgehead atoms. The molecule has 1 aromatic heterocycles. The van der Waals surface area contributed by atoms with Crippen molar-refractivity contribution in [3.8, 4) is 0 Å². The van der Waals surface area contributed by atoms with E-state index in [0.29, 0.717) is 0 Å². The summed E-state index contributed by atoms with van der Waals surface area (Å²) in [7, 11) is 0. The molecule has 4 rings (SSSR count). The lowest BCUT2D eigenvalue weighted by Gasteiger charge is -2.36. The van der Waals surface area contributed by atoms with Gasteiger partial charge in [0.15, 0.2) is 0 Å². The monoisotopic (exact) mass is 393 g/mol. The summed E-state index contributed by atoms with van der Waals surface area (Å²) < 4.78 is 5.78. The predicted molar refractivity (Wildman–Crippen MR) is 105 cm³/mol. The van der Waals surface area contributed by atoms with Gasteiger partial charge in [-0.05, 0) is 45.7 Å². The van der Waals surface area contributed by atoms with Gasteiger partial charge in [0.1, 0.15) is 6.10 Å². The maximum absolute atomic E-state index is 12.6. The number of rotatable bonds is 5. The number of esters is 1. The molecule has 1 unspecified atom stereocenters. The Morgan fingerprint density at radius 3 is 2.67 bits per heavy atom. The summed E-state index contributed by atoms with van der Waals surface area (Å²) in [4.78, 5) is 22.0. The molecule has 3 saturated heterocycles. The van der Waals surface area contributed by atoms with Gasteiger partial charge in [-0.25, -0.2) is 4.98 Å². The zero-order valence-electron chi connectivity index (χ0n) is 16.2. The molecule has 0 saturated carbocycles. The highest BCUT2D eigenvalue weighted by molar-refractivity contribution is 7.09. The minimum absolute atomic E-state index is 0.0253. The van der Waals surface area contributed by atoms with E-state index in [1.54, 1.807) is 11.3 Å². The van der Waals surface area contributed by atoms with Gasteiger partial charge in [-0.15, -0.1) is 11.3 Å². The quantitative estimate of drug-likeness (QED) is 0.770. The first kappa shape index (κ1) is 19.3. The summed E-state index contributed by atoms with van der Waals surface area (Å²) in [6.07, 6.45) is 5.22. The second kappa shape index (κ2) is 8.15. The molecule has 4 heterocycles. The van der Waals surface area contributed by atoms with Crippen LogP contribution in [-0.2, 0) is 16.0 Å². The van der Waals surface area contributed by atoms with Crippen LogP contribution in [0.4, 0.5) is 0 Å². The number of nitrogens with zero attached hydrogens (tertiary/aromatic N) is 3. The molecule has 1 aromatic rings. The van der Waals surface area contributed by atoms with Gasteiger partial charge in [0.05, 0.1) is 22.2 Å². The summed E-state index contributed by atoms with van der Waals surface area (Å²) in [5, 5.41) is 12.9. The Bertz CT molecular complexity index is 649. The molecule has 7 heteroatoms. The molecule has 150 valence electrons. The molecule has 6 nitrogen and oxygen atoms in total. The van der Waals surface area contributed by atoms with E-state index < -0.39 is 0 Å². The summed E-state index contributed by atoms with van der Waals surface area (Å²) in [6, 6.07) is 0. The van der Waals surface area contributed by atoms with Crippen LogP contribution in [0.15, 0.2) is 5.38 Å². The van der Waals surface area contributed by atoms with E-state index in [-0.39, 0.29) is 23.6 Å². The molecule has 1 atom stereocenters. The highest BCUT2D eigenvalue weighted by Crippen LogP contribution is 2.43. The number of hydrogen-bond acceptors (Lipinski definition) is 7. The van der Waals surface area contributed by atoms with Crippen molar-refractivity contribution >= 4 is 17.3 Å². The van der Waals surface area contributed by atoms with Gasteiger partial charge in [-0.1, -0.05) is 0 Å². The Morgan fingerprint density at radius 1 is 1.26 bits per heavy atom. The number of aliphatic hydroxyl groups is 1. The molecule has 1 spiro atoms. The van der Waals surface area contributed by atoms with E-state index in [4.69, 9.17) is 4.74 Å². The molecule has 3 aliphatic heterocycles. The number of thiazole rings is 1. The van der Waals surface area contributed by atoms with E-state index in [1.807, 2.05) is 6.92 Å². The summed E-state index contributed by atoms with van der Waals surface area (Å²) in [6.45, 7) is 7.66. The standard InChI is InChI=1S/C20H31N3O3S/c1-15-21-16(14-27-15)2-7-22-10-5-20(6-11-22)12-18(26-19(20)25)13-23-8-3-17(24)4-9-23/h14,17-18,24H,2-13H2,1H3. The van der Waals surface area contributed by atoms with Gasteiger partial charge in [0.2, 0.25) is 0 Å². The van der Waals surface area contributed by atoms with Crippen LogP contribution in [-0.4, -0.2) is 77.3 Å². The fraction of sp³-hybridized carbons (Fsp3) is 0.800. The smallest absolute Gasteiger partial charge is 0.312 e. The number of likely N-dealkylation sites (tertiary alicyclic amines) is 2. The maximum atomic E-state index is 12.6. The van der Waals surface area contributed by atoms with Crippen molar-refractivity contribution in [3.63, 3.8) is 0 Å². The molecule has 3 aliphatic rings. The Hall–Kier alpha value is -1.02. The summed E-state index contributed by atoms with van der Waals surface area (Å²) >= 11 is 1.71. The first-order valence-corrected chi connectivity index (χ1v) is 11.2. The Balaban J connectivity index is 1.24. The summed E-state index contributed by atoms with van der Waals surface area (Å²) in [5.41, 5.74) is 0.929. The Labute approximate surface area is 165 Å². The number of aryl methyl sites for hydroxylation is 1. The Kier molecular flexibility index (Phi) is 5.83. The average molecular weight is 394 g/mol. The van der Waals surface area contributed by atoms with Crippen LogP contribution in [0.2, 0.25) is 0 Å². The van der Waals surface area contributed by atoms with Crippen LogP contribution in [0.3, 0.4) is 0 Å². The van der Waals surface area contributed by atoms with Crippen molar-refractivity contribution in [1.29, 1.82) is 0 Å². The number of aliphatic hydroxyl groups excluding tert-OH is 1. The Morgan fingerprint density at radius 2 is 2.00 bits per heavy atom. The van der Waals surface area contributed by atoms with Crippen molar-refractivity contribution in [1.82, 2.24) is 14.8 Å². The third-order valence-electron chi connectivity index (χ3n) is 6.51. The zero-order chi connectivity index (χ0) is 18.9. The minimum atomic E-state index is -0.256. The van der Waals surface area contributed by atoms with E-state index in [9.17, 15) is 9.90 Å². The van der Waals surface area contributed by atoms with Gasteiger partial charge in [-0.3, -0.25) is 9.69 Å². The lowest BCUT2D eigenvalue weighted by molar-refractivity contribution is -0.151. The average Bonchev–Trinajstić information content (AvgIpc) is 3.20. The van der Waals surface area contributed by atoms with Crippen LogP contribution in [0, 0.1) is 12.3 Å². The molecule has 3 fully saturated rings. The number of aromatic nitrogens is 1. The van der Waals surface area contributed by atoms with Crippen LogP contribution < -0.4 is 0 Å². The highest BCUT2D eigenvalue weighted by atomic mass is 32.1. The predicted octanol–water partition coefficient (Wildman–Crippen LogP) is 1.85. The first-order valence-electron chi connectivity index (χ1n) is 10.3. The highest BCUT2D eigenvalue weighted by Gasteiger charge is 2.50. The molecule has 1 N–H and O–H groups in total.